The summed E-state index contributed by atoms with van der Waals surface area (Å²) in [5.74, 6) is 0.365. The van der Waals surface area contributed by atoms with Gasteiger partial charge in [0.25, 0.3) is 0 Å². The minimum Gasteiger partial charge on any atom is -0.353 e. The number of hydrogen-bond donors (Lipinski definition) is 2. The third-order valence-corrected chi connectivity index (χ3v) is 10.5. The number of likely N-dealkylation sites (N-methyl/N-ethyl adjacent to an activating group) is 2. The third-order valence-electron chi connectivity index (χ3n) is 10.2. The van der Waals surface area contributed by atoms with Crippen LogP contribution in [0.4, 0.5) is 0 Å². The van der Waals surface area contributed by atoms with Gasteiger partial charge in [0.15, 0.2) is 0 Å². The van der Waals surface area contributed by atoms with Gasteiger partial charge >= 0.3 is 0 Å². The van der Waals surface area contributed by atoms with Gasteiger partial charge in [-0.05, 0) is 76.2 Å². The Labute approximate surface area is 257 Å². The van der Waals surface area contributed by atoms with Crippen molar-refractivity contribution in [1.29, 1.82) is 0 Å². The van der Waals surface area contributed by atoms with E-state index in [1.807, 2.05) is 43.3 Å². The molecule has 0 unspecified atom stereocenters. The minimum absolute atomic E-state index is 0.0669. The molecule has 0 spiro atoms. The summed E-state index contributed by atoms with van der Waals surface area (Å²) in [4.78, 5) is 47.7. The quantitative estimate of drug-likeness (QED) is 0.422. The molecule has 1 saturated carbocycles. The summed E-state index contributed by atoms with van der Waals surface area (Å²) in [6.45, 7) is 7.66. The second-order valence-corrected chi connectivity index (χ2v) is 13.4. The maximum absolute atomic E-state index is 14.1. The number of carbonyl (C=O) groups excluding carboxylic acids is 3. The fourth-order valence-corrected chi connectivity index (χ4v) is 7.39. The van der Waals surface area contributed by atoms with Gasteiger partial charge in [-0.1, -0.05) is 56.8 Å². The molecule has 2 atom stereocenters. The van der Waals surface area contributed by atoms with Crippen LogP contribution in [0.3, 0.4) is 0 Å². The van der Waals surface area contributed by atoms with Crippen molar-refractivity contribution in [3.63, 3.8) is 0 Å². The third kappa shape index (κ3) is 7.86. The highest BCUT2D eigenvalue weighted by Crippen LogP contribution is 2.46. The standard InChI is InChI=1S/C33H52ClN5O3/c1-5-27(6-2)35-32(42)33(25-10-8-7-9-11-25)16-18-39(19-17-33)31(41)28(22-24-12-14-26(34)15-13-24)36-30(40)29-23-37(3)20-21-38(29)4/h12-15,25,27-29H,5-11,16-23H2,1-4H3,(H,35,42)(H,36,40)/t28-,29-/m1/s1. The number of hydrogen-bond acceptors (Lipinski definition) is 5. The summed E-state index contributed by atoms with van der Waals surface area (Å²) in [5.41, 5.74) is 0.523. The van der Waals surface area contributed by atoms with Crippen LogP contribution in [0.1, 0.15) is 77.2 Å². The highest BCUT2D eigenvalue weighted by atomic mass is 35.5. The molecule has 0 bridgehead atoms. The molecule has 2 saturated heterocycles. The van der Waals surface area contributed by atoms with E-state index in [0.29, 0.717) is 49.8 Å². The smallest absolute Gasteiger partial charge is 0.245 e. The number of piperidine rings is 1. The van der Waals surface area contributed by atoms with Crippen molar-refractivity contribution in [2.24, 2.45) is 11.3 Å². The van der Waals surface area contributed by atoms with Crippen molar-refractivity contribution in [2.75, 3.05) is 46.8 Å². The fraction of sp³-hybridized carbons (Fsp3) is 0.727. The lowest BCUT2D eigenvalue weighted by Gasteiger charge is -2.47. The Bertz CT molecular complexity index is 1050. The lowest BCUT2D eigenvalue weighted by atomic mass is 9.63. The molecule has 4 rings (SSSR count). The van der Waals surface area contributed by atoms with Gasteiger partial charge in [0.1, 0.15) is 12.1 Å². The number of piperazine rings is 1. The van der Waals surface area contributed by atoms with Crippen LogP contribution in [0, 0.1) is 11.3 Å². The van der Waals surface area contributed by atoms with Gasteiger partial charge in [-0.15, -0.1) is 0 Å². The molecular formula is C33H52ClN5O3. The van der Waals surface area contributed by atoms with Crippen molar-refractivity contribution in [1.82, 2.24) is 25.3 Å². The number of rotatable bonds is 10. The number of benzene rings is 1. The molecule has 3 fully saturated rings. The normalized spacial score (nSPS) is 23.0. The molecule has 0 radical (unpaired) electrons. The molecule has 1 aromatic rings. The average molecular weight is 602 g/mol. The van der Waals surface area contributed by atoms with E-state index in [2.05, 4.69) is 34.3 Å². The minimum atomic E-state index is -0.681. The predicted molar refractivity (Wildman–Crippen MR) is 168 cm³/mol. The van der Waals surface area contributed by atoms with Gasteiger partial charge in [0, 0.05) is 50.2 Å². The number of amides is 3. The van der Waals surface area contributed by atoms with Gasteiger partial charge < -0.3 is 20.4 Å². The van der Waals surface area contributed by atoms with E-state index < -0.39 is 11.5 Å². The van der Waals surface area contributed by atoms with Crippen LogP contribution >= 0.6 is 11.6 Å². The van der Waals surface area contributed by atoms with Crippen molar-refractivity contribution in [3.05, 3.63) is 34.9 Å². The number of nitrogens with zero attached hydrogens (tertiary/aromatic N) is 3. The zero-order valence-corrected chi connectivity index (χ0v) is 26.9. The van der Waals surface area contributed by atoms with Crippen LogP contribution in [0.2, 0.25) is 5.02 Å². The van der Waals surface area contributed by atoms with Crippen LogP contribution in [-0.2, 0) is 20.8 Å². The summed E-state index contributed by atoms with van der Waals surface area (Å²) in [5, 5.41) is 7.15. The van der Waals surface area contributed by atoms with E-state index in [4.69, 9.17) is 11.6 Å². The number of carbonyl (C=O) groups is 3. The highest BCUT2D eigenvalue weighted by Gasteiger charge is 2.49. The van der Waals surface area contributed by atoms with Crippen LogP contribution in [0.25, 0.3) is 0 Å². The van der Waals surface area contributed by atoms with Crippen LogP contribution < -0.4 is 10.6 Å². The lowest BCUT2D eigenvalue weighted by molar-refractivity contribution is -0.147. The summed E-state index contributed by atoms with van der Waals surface area (Å²) in [6, 6.07) is 6.68. The van der Waals surface area contributed by atoms with Crippen LogP contribution in [0.15, 0.2) is 24.3 Å². The van der Waals surface area contributed by atoms with E-state index in [0.717, 1.165) is 44.3 Å². The lowest BCUT2D eigenvalue weighted by Crippen LogP contribution is -2.61. The maximum Gasteiger partial charge on any atom is 0.245 e. The summed E-state index contributed by atoms with van der Waals surface area (Å²) >= 11 is 6.13. The molecule has 8 nitrogen and oxygen atoms in total. The second-order valence-electron chi connectivity index (χ2n) is 13.0. The molecule has 0 aromatic heterocycles. The SMILES string of the molecule is CCC(CC)NC(=O)C1(C2CCCCC2)CCN(C(=O)[C@@H](Cc2ccc(Cl)cc2)NC(=O)[C@H]2CN(C)CCN2C)CC1. The molecule has 42 heavy (non-hydrogen) atoms. The summed E-state index contributed by atoms with van der Waals surface area (Å²) < 4.78 is 0. The largest absolute Gasteiger partial charge is 0.353 e. The Kier molecular flexibility index (Phi) is 11.7. The topological polar surface area (TPSA) is 85.0 Å². The van der Waals surface area contributed by atoms with Crippen molar-refractivity contribution in [2.45, 2.75) is 96.2 Å². The first kappa shape index (κ1) is 32.7. The Morgan fingerprint density at radius 3 is 2.19 bits per heavy atom. The van der Waals surface area contributed by atoms with Gasteiger partial charge in [0.2, 0.25) is 17.7 Å². The zero-order chi connectivity index (χ0) is 30.3. The Morgan fingerprint density at radius 1 is 0.929 bits per heavy atom. The fourth-order valence-electron chi connectivity index (χ4n) is 7.26. The summed E-state index contributed by atoms with van der Waals surface area (Å²) in [6.07, 6.45) is 9.35. The first-order valence-corrected chi connectivity index (χ1v) is 16.6. The molecule has 2 aliphatic heterocycles. The second kappa shape index (κ2) is 15.0. The van der Waals surface area contributed by atoms with Gasteiger partial charge in [-0.25, -0.2) is 0 Å². The zero-order valence-electron chi connectivity index (χ0n) is 26.2. The Balaban J connectivity index is 1.51. The molecule has 2 heterocycles. The summed E-state index contributed by atoms with van der Waals surface area (Å²) in [7, 11) is 3.99. The first-order chi connectivity index (χ1) is 20.2. The highest BCUT2D eigenvalue weighted by molar-refractivity contribution is 6.30. The number of nitrogens with one attached hydrogen (secondary N) is 2. The van der Waals surface area contributed by atoms with E-state index in [1.165, 1.54) is 19.3 Å². The molecular weight excluding hydrogens is 550 g/mol. The average Bonchev–Trinajstić information content (AvgIpc) is 3.01. The van der Waals surface area contributed by atoms with Crippen molar-refractivity contribution in [3.8, 4) is 0 Å². The van der Waals surface area contributed by atoms with Gasteiger partial charge in [-0.3, -0.25) is 19.3 Å². The molecule has 1 aromatic carbocycles. The molecule has 9 heteroatoms. The van der Waals surface area contributed by atoms with Crippen LogP contribution in [0.5, 0.6) is 0 Å². The number of halogens is 1. The first-order valence-electron chi connectivity index (χ1n) is 16.2. The molecule has 3 amide bonds. The Hall–Kier alpha value is -2.16. The van der Waals surface area contributed by atoms with E-state index in [-0.39, 0.29) is 29.8 Å². The maximum atomic E-state index is 14.1. The van der Waals surface area contributed by atoms with Crippen molar-refractivity contribution < 1.29 is 14.4 Å². The van der Waals surface area contributed by atoms with Gasteiger partial charge in [-0.2, -0.15) is 0 Å². The molecule has 234 valence electrons. The Morgan fingerprint density at radius 2 is 1.57 bits per heavy atom. The van der Waals surface area contributed by atoms with E-state index in [1.54, 1.807) is 0 Å². The number of likely N-dealkylation sites (tertiary alicyclic amines) is 1. The molecule has 3 aliphatic rings. The van der Waals surface area contributed by atoms with Crippen molar-refractivity contribution >= 4 is 29.3 Å². The molecule has 2 N–H and O–H groups in total. The predicted octanol–water partition coefficient (Wildman–Crippen LogP) is 4.11. The van der Waals surface area contributed by atoms with Gasteiger partial charge in [0.05, 0.1) is 5.41 Å². The monoisotopic (exact) mass is 601 g/mol. The van der Waals surface area contributed by atoms with E-state index in [9.17, 15) is 14.4 Å². The van der Waals surface area contributed by atoms with Crippen LogP contribution in [-0.4, -0.2) is 97.4 Å². The van der Waals surface area contributed by atoms with E-state index >= 15 is 0 Å². The molecule has 1 aliphatic carbocycles.